The zero-order valence-corrected chi connectivity index (χ0v) is 19.5. The van der Waals surface area contributed by atoms with Crippen molar-refractivity contribution in [3.05, 3.63) is 51.2 Å². The maximum absolute atomic E-state index is 10.9. The van der Waals surface area contributed by atoms with Gasteiger partial charge in [0.05, 0.1) is 30.7 Å². The molecule has 1 aromatic heterocycles. The van der Waals surface area contributed by atoms with E-state index in [1.54, 1.807) is 11.3 Å². The number of fused-ring (bicyclic) bond motifs is 2. The summed E-state index contributed by atoms with van der Waals surface area (Å²) in [5.74, 6) is 0.919. The first kappa shape index (κ1) is 22.7. The van der Waals surface area contributed by atoms with E-state index in [9.17, 15) is 20.4 Å². The van der Waals surface area contributed by atoms with Gasteiger partial charge in [-0.3, -0.25) is 0 Å². The smallest absolute Gasteiger partial charge is 0.169 e. The fourth-order valence-corrected chi connectivity index (χ4v) is 7.86. The van der Waals surface area contributed by atoms with Crippen LogP contribution in [0.2, 0.25) is 0 Å². The monoisotopic (exact) mass is 478 g/mol. The molecule has 1 aromatic carbocycles. The first-order valence-corrected chi connectivity index (χ1v) is 13.0. The molecule has 6 nitrogen and oxygen atoms in total. The maximum Gasteiger partial charge on any atom is 0.169 e. The molecule has 174 valence electrons. The summed E-state index contributed by atoms with van der Waals surface area (Å²) < 4.78 is 12.1. The Hall–Kier alpha value is -1.13. The fraction of sp³-hybridized carbons (Fsp3) is 0.583. The summed E-state index contributed by atoms with van der Waals surface area (Å²) in [4.78, 5) is 1.10. The second kappa shape index (κ2) is 9.25. The van der Waals surface area contributed by atoms with Crippen molar-refractivity contribution in [1.82, 2.24) is 0 Å². The maximum atomic E-state index is 10.9. The molecule has 32 heavy (non-hydrogen) atoms. The Morgan fingerprint density at radius 1 is 1.06 bits per heavy atom. The predicted molar refractivity (Wildman–Crippen MR) is 124 cm³/mol. The highest BCUT2D eigenvalue weighted by Crippen LogP contribution is 2.53. The van der Waals surface area contributed by atoms with Gasteiger partial charge in [0.2, 0.25) is 0 Å². The van der Waals surface area contributed by atoms with Gasteiger partial charge in [0.1, 0.15) is 18.0 Å². The number of benzene rings is 1. The molecular formula is C24H30O6S2. The molecule has 2 aliphatic heterocycles. The van der Waals surface area contributed by atoms with Gasteiger partial charge in [-0.05, 0) is 49.4 Å². The second-order valence-corrected chi connectivity index (χ2v) is 11.6. The highest BCUT2D eigenvalue weighted by Gasteiger charge is 2.57. The van der Waals surface area contributed by atoms with Crippen LogP contribution < -0.4 is 4.74 Å². The Bertz CT molecular complexity index is 923. The third kappa shape index (κ3) is 4.11. The van der Waals surface area contributed by atoms with Gasteiger partial charge in [0, 0.05) is 28.2 Å². The van der Waals surface area contributed by atoms with E-state index < -0.39 is 28.5 Å². The van der Waals surface area contributed by atoms with Crippen molar-refractivity contribution in [2.24, 2.45) is 0 Å². The Labute approximate surface area is 196 Å². The van der Waals surface area contributed by atoms with E-state index in [0.29, 0.717) is 12.7 Å². The van der Waals surface area contributed by atoms with Crippen molar-refractivity contribution < 1.29 is 29.9 Å². The topological polar surface area (TPSA) is 99.4 Å². The SMILES string of the molecule is OC[C@H]1S[C@]2(OCCc3sc(Cc4ccc(OC5CCCC5)cc4)cc32)[C@H](O)[C@@H](O)[C@@H]1O. The van der Waals surface area contributed by atoms with Crippen molar-refractivity contribution in [3.8, 4) is 5.75 Å². The number of aliphatic hydroxyl groups excluding tert-OH is 4. The van der Waals surface area contributed by atoms with Crippen LogP contribution in [0.4, 0.5) is 0 Å². The number of thiophene rings is 1. The molecule has 0 radical (unpaired) electrons. The van der Waals surface area contributed by atoms with Crippen molar-refractivity contribution in [2.45, 2.75) is 73.1 Å². The lowest BCUT2D eigenvalue weighted by Crippen LogP contribution is -2.60. The fourth-order valence-electron chi connectivity index (χ4n) is 4.99. The average molecular weight is 479 g/mol. The zero-order chi connectivity index (χ0) is 22.3. The lowest BCUT2D eigenvalue weighted by atomic mass is 9.92. The first-order chi connectivity index (χ1) is 15.5. The van der Waals surface area contributed by atoms with Crippen LogP contribution in [0.25, 0.3) is 0 Å². The molecule has 1 aliphatic carbocycles. The molecule has 5 rings (SSSR count). The summed E-state index contributed by atoms with van der Waals surface area (Å²) in [7, 11) is 0. The number of thioether (sulfide) groups is 1. The van der Waals surface area contributed by atoms with Gasteiger partial charge in [0.15, 0.2) is 4.93 Å². The molecule has 0 unspecified atom stereocenters. The highest BCUT2D eigenvalue weighted by molar-refractivity contribution is 8.00. The Kier molecular flexibility index (Phi) is 6.55. The quantitative estimate of drug-likeness (QED) is 0.524. The summed E-state index contributed by atoms with van der Waals surface area (Å²) >= 11 is 2.91. The molecule has 1 saturated carbocycles. The van der Waals surface area contributed by atoms with Gasteiger partial charge in [0.25, 0.3) is 0 Å². The molecule has 8 heteroatoms. The number of rotatable bonds is 5. The van der Waals surface area contributed by atoms with Crippen LogP contribution >= 0.6 is 23.1 Å². The molecule has 5 atom stereocenters. The van der Waals surface area contributed by atoms with E-state index in [4.69, 9.17) is 9.47 Å². The number of hydrogen-bond donors (Lipinski definition) is 4. The molecule has 3 aliphatic rings. The number of aliphatic hydroxyl groups is 4. The summed E-state index contributed by atoms with van der Waals surface area (Å²) in [6, 6.07) is 10.3. The molecule has 1 saturated heterocycles. The standard InChI is InChI=1S/C24H30O6S2/c25-13-20-21(26)22(27)23(28)24(32-20)18-12-17(31-19(18)9-10-29-24)11-14-5-7-16(8-6-14)30-15-3-1-2-4-15/h5-8,12,15,20-23,25-28H,1-4,9-11,13H2/t20-,21-,22+,23-,24+/m1/s1. The van der Waals surface area contributed by atoms with Crippen molar-refractivity contribution in [1.29, 1.82) is 0 Å². The number of ether oxygens (including phenoxy) is 2. The van der Waals surface area contributed by atoms with Gasteiger partial charge in [-0.15, -0.1) is 23.1 Å². The van der Waals surface area contributed by atoms with Crippen molar-refractivity contribution in [3.63, 3.8) is 0 Å². The third-order valence-corrected chi connectivity index (χ3v) is 9.59. The van der Waals surface area contributed by atoms with Crippen LogP contribution in [-0.2, 0) is 22.5 Å². The molecule has 1 spiro atoms. The second-order valence-electron chi connectivity index (χ2n) is 8.93. The van der Waals surface area contributed by atoms with Crippen molar-refractivity contribution in [2.75, 3.05) is 13.2 Å². The van der Waals surface area contributed by atoms with Crippen LogP contribution in [0, 0.1) is 0 Å². The Balaban J connectivity index is 1.35. The molecule has 2 fully saturated rings. The minimum Gasteiger partial charge on any atom is -0.490 e. The van der Waals surface area contributed by atoms with Gasteiger partial charge in [-0.1, -0.05) is 12.1 Å². The van der Waals surface area contributed by atoms with Gasteiger partial charge in [-0.2, -0.15) is 0 Å². The van der Waals surface area contributed by atoms with Crippen molar-refractivity contribution >= 4 is 23.1 Å². The van der Waals surface area contributed by atoms with Gasteiger partial charge >= 0.3 is 0 Å². The van der Waals surface area contributed by atoms with Crippen LogP contribution in [0.15, 0.2) is 30.3 Å². The Morgan fingerprint density at radius 2 is 1.81 bits per heavy atom. The molecule has 0 bridgehead atoms. The van der Waals surface area contributed by atoms with E-state index >= 15 is 0 Å². The lowest BCUT2D eigenvalue weighted by Gasteiger charge is -2.49. The minimum atomic E-state index is -1.38. The summed E-state index contributed by atoms with van der Waals surface area (Å²) in [5, 5.41) is 40.6. The summed E-state index contributed by atoms with van der Waals surface area (Å²) in [5.41, 5.74) is 2.03. The highest BCUT2D eigenvalue weighted by atomic mass is 32.2. The van der Waals surface area contributed by atoms with E-state index in [1.807, 2.05) is 12.1 Å². The lowest BCUT2D eigenvalue weighted by molar-refractivity contribution is -0.155. The Morgan fingerprint density at radius 3 is 2.53 bits per heavy atom. The largest absolute Gasteiger partial charge is 0.490 e. The molecular weight excluding hydrogens is 448 g/mol. The van der Waals surface area contributed by atoms with E-state index in [-0.39, 0.29) is 6.61 Å². The molecule has 0 amide bonds. The van der Waals surface area contributed by atoms with Crippen LogP contribution in [0.3, 0.4) is 0 Å². The van der Waals surface area contributed by atoms with E-state index in [2.05, 4.69) is 18.2 Å². The van der Waals surface area contributed by atoms with Crippen LogP contribution in [-0.4, -0.2) is 63.3 Å². The zero-order valence-electron chi connectivity index (χ0n) is 17.9. The van der Waals surface area contributed by atoms with Gasteiger partial charge in [-0.25, -0.2) is 0 Å². The number of hydrogen-bond acceptors (Lipinski definition) is 8. The van der Waals surface area contributed by atoms with Gasteiger partial charge < -0.3 is 29.9 Å². The van der Waals surface area contributed by atoms with E-state index in [0.717, 1.165) is 46.8 Å². The third-order valence-electron chi connectivity index (χ3n) is 6.74. The van der Waals surface area contributed by atoms with Crippen LogP contribution in [0.1, 0.15) is 46.6 Å². The average Bonchev–Trinajstić information content (AvgIpc) is 3.46. The molecule has 2 aromatic rings. The molecule has 4 N–H and O–H groups in total. The normalized spacial score (nSPS) is 32.9. The molecule has 3 heterocycles. The summed E-state index contributed by atoms with van der Waals surface area (Å²) in [6.07, 6.45) is 2.75. The summed E-state index contributed by atoms with van der Waals surface area (Å²) in [6.45, 7) is 0.119. The minimum absolute atomic E-state index is 0.303. The predicted octanol–water partition coefficient (Wildman–Crippen LogP) is 2.58. The van der Waals surface area contributed by atoms with Crippen LogP contribution in [0.5, 0.6) is 5.75 Å². The van der Waals surface area contributed by atoms with E-state index in [1.165, 1.54) is 30.2 Å². The first-order valence-electron chi connectivity index (χ1n) is 11.3.